The van der Waals surface area contributed by atoms with Gasteiger partial charge in [-0.15, -0.1) is 11.3 Å². The SMILES string of the molecule is COc1cccc(NC(=O)c2cc(COc3ccc4c(c3)OCO4)cs2)c1. The molecule has 1 N–H and O–H groups in total. The van der Waals surface area contributed by atoms with E-state index < -0.39 is 0 Å². The zero-order chi connectivity index (χ0) is 18.6. The highest BCUT2D eigenvalue weighted by atomic mass is 32.1. The summed E-state index contributed by atoms with van der Waals surface area (Å²) in [5.41, 5.74) is 1.61. The van der Waals surface area contributed by atoms with Crippen LogP contribution in [0, 0.1) is 0 Å². The van der Waals surface area contributed by atoms with Crippen molar-refractivity contribution in [3.05, 3.63) is 64.4 Å². The number of amides is 1. The van der Waals surface area contributed by atoms with Gasteiger partial charge >= 0.3 is 0 Å². The molecule has 0 aliphatic carbocycles. The first-order valence-corrected chi connectivity index (χ1v) is 9.14. The molecule has 0 unspecified atom stereocenters. The fourth-order valence-corrected chi connectivity index (χ4v) is 3.39. The Labute approximate surface area is 160 Å². The average molecular weight is 383 g/mol. The van der Waals surface area contributed by atoms with Gasteiger partial charge in [0.25, 0.3) is 5.91 Å². The van der Waals surface area contributed by atoms with Gasteiger partial charge in [0.05, 0.1) is 12.0 Å². The van der Waals surface area contributed by atoms with E-state index in [1.165, 1.54) is 11.3 Å². The summed E-state index contributed by atoms with van der Waals surface area (Å²) in [4.78, 5) is 13.0. The van der Waals surface area contributed by atoms with Crippen LogP contribution >= 0.6 is 11.3 Å². The second-order valence-corrected chi connectivity index (χ2v) is 6.72. The summed E-state index contributed by atoms with van der Waals surface area (Å²) < 4.78 is 21.6. The van der Waals surface area contributed by atoms with Gasteiger partial charge in [0.15, 0.2) is 11.5 Å². The van der Waals surface area contributed by atoms with E-state index in [1.807, 2.05) is 41.8 Å². The number of hydrogen-bond acceptors (Lipinski definition) is 6. The van der Waals surface area contributed by atoms with E-state index in [2.05, 4.69) is 5.32 Å². The highest BCUT2D eigenvalue weighted by molar-refractivity contribution is 7.12. The topological polar surface area (TPSA) is 66.0 Å². The zero-order valence-electron chi connectivity index (χ0n) is 14.6. The summed E-state index contributed by atoms with van der Waals surface area (Å²) >= 11 is 1.37. The lowest BCUT2D eigenvalue weighted by atomic mass is 10.2. The van der Waals surface area contributed by atoms with Crippen LogP contribution in [0.1, 0.15) is 15.2 Å². The number of methoxy groups -OCH3 is 1. The zero-order valence-corrected chi connectivity index (χ0v) is 15.4. The molecule has 1 aliphatic rings. The molecule has 0 atom stereocenters. The van der Waals surface area contributed by atoms with Gasteiger partial charge in [0.2, 0.25) is 6.79 Å². The number of carbonyl (C=O) groups is 1. The van der Waals surface area contributed by atoms with Crippen LogP contribution in [-0.2, 0) is 6.61 Å². The van der Waals surface area contributed by atoms with Gasteiger partial charge in [-0.3, -0.25) is 4.79 Å². The van der Waals surface area contributed by atoms with Crippen molar-refractivity contribution >= 4 is 22.9 Å². The molecule has 0 saturated heterocycles. The predicted molar refractivity (Wildman–Crippen MR) is 102 cm³/mol. The van der Waals surface area contributed by atoms with Crippen molar-refractivity contribution in [1.29, 1.82) is 0 Å². The molecule has 3 aromatic rings. The van der Waals surface area contributed by atoms with E-state index in [0.29, 0.717) is 34.4 Å². The molecule has 1 aliphatic heterocycles. The Bertz CT molecular complexity index is 969. The first-order chi connectivity index (χ1) is 13.2. The quantitative estimate of drug-likeness (QED) is 0.687. The molecule has 138 valence electrons. The molecule has 2 aromatic carbocycles. The Hall–Kier alpha value is -3.19. The number of rotatable bonds is 6. The second kappa shape index (κ2) is 7.59. The van der Waals surface area contributed by atoms with Crippen LogP contribution in [0.4, 0.5) is 5.69 Å². The molecule has 2 heterocycles. The number of hydrogen-bond donors (Lipinski definition) is 1. The second-order valence-electron chi connectivity index (χ2n) is 5.81. The van der Waals surface area contributed by atoms with E-state index in [1.54, 1.807) is 19.2 Å². The molecule has 1 aromatic heterocycles. The number of ether oxygens (including phenoxy) is 4. The number of anilines is 1. The summed E-state index contributed by atoms with van der Waals surface area (Å²) in [7, 11) is 1.59. The third-order valence-corrected chi connectivity index (χ3v) is 4.93. The van der Waals surface area contributed by atoms with Gasteiger partial charge < -0.3 is 24.3 Å². The largest absolute Gasteiger partial charge is 0.497 e. The monoisotopic (exact) mass is 383 g/mol. The molecule has 7 heteroatoms. The van der Waals surface area contributed by atoms with E-state index in [9.17, 15) is 4.79 Å². The Kier molecular flexibility index (Phi) is 4.84. The minimum atomic E-state index is -0.164. The summed E-state index contributed by atoms with van der Waals surface area (Å²) in [6.45, 7) is 0.595. The Balaban J connectivity index is 1.37. The molecule has 6 nitrogen and oxygen atoms in total. The number of benzene rings is 2. The van der Waals surface area contributed by atoms with Crippen LogP contribution < -0.4 is 24.3 Å². The minimum Gasteiger partial charge on any atom is -0.497 e. The summed E-state index contributed by atoms with van der Waals surface area (Å²) in [6.07, 6.45) is 0. The smallest absolute Gasteiger partial charge is 0.265 e. The maximum Gasteiger partial charge on any atom is 0.265 e. The van der Waals surface area contributed by atoms with Crippen molar-refractivity contribution in [3.63, 3.8) is 0 Å². The first-order valence-electron chi connectivity index (χ1n) is 8.26. The van der Waals surface area contributed by atoms with Crippen molar-refractivity contribution in [1.82, 2.24) is 0 Å². The van der Waals surface area contributed by atoms with Crippen LogP contribution in [0.3, 0.4) is 0 Å². The third kappa shape index (κ3) is 3.98. The van der Waals surface area contributed by atoms with E-state index in [0.717, 1.165) is 11.3 Å². The predicted octanol–water partition coefficient (Wildman–Crippen LogP) is 4.32. The summed E-state index contributed by atoms with van der Waals surface area (Å²) in [5.74, 6) is 2.61. The van der Waals surface area contributed by atoms with Crippen LogP contribution in [0.15, 0.2) is 53.9 Å². The molecule has 0 spiro atoms. The van der Waals surface area contributed by atoms with Gasteiger partial charge in [-0.25, -0.2) is 0 Å². The van der Waals surface area contributed by atoms with Crippen molar-refractivity contribution in [2.45, 2.75) is 6.61 Å². The van der Waals surface area contributed by atoms with Crippen molar-refractivity contribution in [3.8, 4) is 23.0 Å². The fourth-order valence-electron chi connectivity index (χ4n) is 2.60. The molecule has 4 rings (SSSR count). The van der Waals surface area contributed by atoms with Gasteiger partial charge in [0.1, 0.15) is 18.1 Å². The molecule has 0 saturated carbocycles. The van der Waals surface area contributed by atoms with Crippen LogP contribution in [0.25, 0.3) is 0 Å². The highest BCUT2D eigenvalue weighted by Gasteiger charge is 2.14. The van der Waals surface area contributed by atoms with E-state index in [4.69, 9.17) is 18.9 Å². The third-order valence-electron chi connectivity index (χ3n) is 3.95. The molecular weight excluding hydrogens is 366 g/mol. The van der Waals surface area contributed by atoms with Gasteiger partial charge in [-0.05, 0) is 35.7 Å². The maximum atomic E-state index is 12.4. The lowest BCUT2D eigenvalue weighted by Crippen LogP contribution is -2.10. The van der Waals surface area contributed by atoms with Crippen molar-refractivity contribution in [2.24, 2.45) is 0 Å². The van der Waals surface area contributed by atoms with Crippen LogP contribution in [0.5, 0.6) is 23.0 Å². The van der Waals surface area contributed by atoms with Crippen molar-refractivity contribution < 1.29 is 23.7 Å². The van der Waals surface area contributed by atoms with E-state index in [-0.39, 0.29) is 12.7 Å². The van der Waals surface area contributed by atoms with Crippen LogP contribution in [-0.4, -0.2) is 19.8 Å². The van der Waals surface area contributed by atoms with Gasteiger partial charge in [-0.1, -0.05) is 6.07 Å². The Morgan fingerprint density at radius 1 is 1.11 bits per heavy atom. The summed E-state index contributed by atoms with van der Waals surface area (Å²) in [5, 5.41) is 4.78. The fraction of sp³-hybridized carbons (Fsp3) is 0.150. The molecule has 0 fully saturated rings. The van der Waals surface area contributed by atoms with E-state index >= 15 is 0 Å². The normalized spacial score (nSPS) is 11.9. The van der Waals surface area contributed by atoms with Crippen LogP contribution in [0.2, 0.25) is 0 Å². The maximum absolute atomic E-state index is 12.4. The number of fused-ring (bicyclic) bond motifs is 1. The number of carbonyl (C=O) groups excluding carboxylic acids is 1. The Morgan fingerprint density at radius 3 is 2.89 bits per heavy atom. The number of thiophene rings is 1. The molecule has 27 heavy (non-hydrogen) atoms. The van der Waals surface area contributed by atoms with Gasteiger partial charge in [-0.2, -0.15) is 0 Å². The average Bonchev–Trinajstić information content (AvgIpc) is 3.35. The molecular formula is C20H17NO5S. The lowest BCUT2D eigenvalue weighted by Gasteiger charge is -2.06. The standard InChI is InChI=1S/C20H17NO5S/c1-23-15-4-2-3-14(8-15)21-20(22)19-7-13(11-27-19)10-24-16-5-6-17-18(9-16)26-12-25-17/h2-9,11H,10,12H2,1H3,(H,21,22). The number of nitrogens with one attached hydrogen (secondary N) is 1. The Morgan fingerprint density at radius 2 is 2.00 bits per heavy atom. The first kappa shape index (κ1) is 17.2. The molecule has 1 amide bonds. The minimum absolute atomic E-state index is 0.164. The van der Waals surface area contributed by atoms with Gasteiger partial charge in [0, 0.05) is 23.4 Å². The molecule has 0 radical (unpaired) electrons. The summed E-state index contributed by atoms with van der Waals surface area (Å²) in [6, 6.07) is 14.5. The molecule has 0 bridgehead atoms. The highest BCUT2D eigenvalue weighted by Crippen LogP contribution is 2.35. The lowest BCUT2D eigenvalue weighted by molar-refractivity contribution is 0.103. The van der Waals surface area contributed by atoms with Crippen molar-refractivity contribution in [2.75, 3.05) is 19.2 Å².